The number of carbonyl (C=O) groups excluding carboxylic acids is 2. The van der Waals surface area contributed by atoms with Gasteiger partial charge in [0.25, 0.3) is 0 Å². The highest BCUT2D eigenvalue weighted by molar-refractivity contribution is 6.30. The summed E-state index contributed by atoms with van der Waals surface area (Å²) in [5.74, 6) is 0.226. The monoisotopic (exact) mass is 396 g/mol. The van der Waals surface area contributed by atoms with Gasteiger partial charge < -0.3 is 9.47 Å². The summed E-state index contributed by atoms with van der Waals surface area (Å²) in [5, 5.41) is 0.605. The van der Waals surface area contributed by atoms with Crippen LogP contribution in [-0.2, 0) is 14.3 Å². The average Bonchev–Trinajstić information content (AvgIpc) is 3.31. The predicted octanol–water partition coefficient (Wildman–Crippen LogP) is 4.78. The van der Waals surface area contributed by atoms with Gasteiger partial charge in [0.2, 0.25) is 0 Å². The van der Waals surface area contributed by atoms with Gasteiger partial charge in [-0.05, 0) is 73.7 Å². The molecular formula is C23H21ClO4. The smallest absolute Gasteiger partial charge is 0.154 e. The van der Waals surface area contributed by atoms with Crippen LogP contribution < -0.4 is 4.74 Å². The zero-order chi connectivity index (χ0) is 19.6. The number of hydrogen-bond donors (Lipinski definition) is 0. The van der Waals surface area contributed by atoms with Crippen LogP contribution >= 0.6 is 11.6 Å². The molecule has 3 fully saturated rings. The minimum atomic E-state index is -0.665. The molecule has 1 unspecified atom stereocenters. The van der Waals surface area contributed by atoms with Gasteiger partial charge in [-0.2, -0.15) is 0 Å². The van der Waals surface area contributed by atoms with E-state index in [4.69, 9.17) is 21.1 Å². The molecule has 2 heterocycles. The number of ether oxygens (including phenoxy) is 2. The van der Waals surface area contributed by atoms with E-state index in [0.717, 1.165) is 29.5 Å². The number of halogens is 1. The Morgan fingerprint density at radius 1 is 0.929 bits per heavy atom. The number of rotatable bonds is 3. The first kappa shape index (κ1) is 17.9. The molecule has 144 valence electrons. The van der Waals surface area contributed by atoms with Gasteiger partial charge in [-0.25, -0.2) is 0 Å². The minimum absolute atomic E-state index is 0.0388. The molecule has 1 aliphatic carbocycles. The lowest BCUT2D eigenvalue weighted by molar-refractivity contribution is -0.127. The summed E-state index contributed by atoms with van der Waals surface area (Å²) >= 11 is 6.03. The fourth-order valence-electron chi connectivity index (χ4n) is 5.33. The van der Waals surface area contributed by atoms with Crippen molar-refractivity contribution in [1.82, 2.24) is 0 Å². The van der Waals surface area contributed by atoms with Crippen molar-refractivity contribution in [1.29, 1.82) is 0 Å². The van der Waals surface area contributed by atoms with E-state index in [1.165, 1.54) is 0 Å². The molecule has 2 aromatic rings. The predicted molar refractivity (Wildman–Crippen MR) is 105 cm³/mol. The van der Waals surface area contributed by atoms with Crippen LogP contribution in [0.2, 0.25) is 5.02 Å². The summed E-state index contributed by atoms with van der Waals surface area (Å²) in [7, 11) is 0. The van der Waals surface area contributed by atoms with Crippen LogP contribution in [0.25, 0.3) is 0 Å². The fourth-order valence-corrected chi connectivity index (χ4v) is 5.51. The largest absolute Gasteiger partial charge is 0.457 e. The van der Waals surface area contributed by atoms with Crippen LogP contribution in [0.1, 0.15) is 35.4 Å². The molecule has 0 N–H and O–H groups in total. The molecule has 5 rings (SSSR count). The third kappa shape index (κ3) is 2.62. The second-order valence-electron chi connectivity index (χ2n) is 8.11. The normalized spacial score (nSPS) is 30.8. The fraction of sp³-hybridized carbons (Fsp3) is 0.391. The summed E-state index contributed by atoms with van der Waals surface area (Å²) in [6.07, 6.45) is 1.65. The van der Waals surface area contributed by atoms with Gasteiger partial charge in [-0.1, -0.05) is 17.7 Å². The first-order chi connectivity index (χ1) is 13.4. The Balaban J connectivity index is 1.48. The summed E-state index contributed by atoms with van der Waals surface area (Å²) in [6.45, 7) is 3.87. The highest BCUT2D eigenvalue weighted by Gasteiger charge is 2.63. The molecule has 2 bridgehead atoms. The molecule has 2 aliphatic heterocycles. The van der Waals surface area contributed by atoms with Crippen molar-refractivity contribution in [3.05, 3.63) is 58.1 Å². The summed E-state index contributed by atoms with van der Waals surface area (Å²) in [5.41, 5.74) is 2.64. The highest BCUT2D eigenvalue weighted by Crippen LogP contribution is 2.53. The molecule has 0 radical (unpaired) electrons. The maximum atomic E-state index is 13.2. The first-order valence-corrected chi connectivity index (χ1v) is 10.1. The molecule has 2 aromatic carbocycles. The van der Waals surface area contributed by atoms with Gasteiger partial charge in [-0.3, -0.25) is 9.59 Å². The number of ketones is 2. The van der Waals surface area contributed by atoms with Gasteiger partial charge in [0, 0.05) is 5.02 Å². The number of carbonyl (C=O) groups is 2. The number of fused-ring (bicyclic) bond motifs is 5. The van der Waals surface area contributed by atoms with Crippen LogP contribution in [0.3, 0.4) is 0 Å². The Labute approximate surface area is 168 Å². The highest BCUT2D eigenvalue weighted by atomic mass is 35.5. The average molecular weight is 397 g/mol. The van der Waals surface area contributed by atoms with Crippen LogP contribution in [0.15, 0.2) is 36.4 Å². The molecular weight excluding hydrogens is 376 g/mol. The second kappa shape index (κ2) is 6.43. The van der Waals surface area contributed by atoms with Crippen molar-refractivity contribution in [2.45, 2.75) is 44.8 Å². The number of benzene rings is 2. The Kier molecular flexibility index (Phi) is 4.11. The molecule has 2 saturated heterocycles. The van der Waals surface area contributed by atoms with Gasteiger partial charge in [0.1, 0.15) is 17.4 Å². The third-order valence-electron chi connectivity index (χ3n) is 6.39. The SMILES string of the molecule is Cc1cc(Oc2cccc(Cl)c2)cc(C)c1C1C(=O)[C@@H]2[C@H](C1=O)[C@H]1CC[C@@H]2O1. The maximum Gasteiger partial charge on any atom is 0.154 e. The minimum Gasteiger partial charge on any atom is -0.457 e. The quantitative estimate of drug-likeness (QED) is 0.701. The molecule has 5 heteroatoms. The Hall–Kier alpha value is -2.17. The molecule has 28 heavy (non-hydrogen) atoms. The zero-order valence-electron chi connectivity index (χ0n) is 15.8. The van der Waals surface area contributed by atoms with E-state index in [1.807, 2.05) is 38.1 Å². The summed E-state index contributed by atoms with van der Waals surface area (Å²) in [6, 6.07) is 11.0. The molecule has 1 saturated carbocycles. The summed E-state index contributed by atoms with van der Waals surface area (Å²) in [4.78, 5) is 26.3. The van der Waals surface area contributed by atoms with Crippen molar-refractivity contribution in [2.75, 3.05) is 0 Å². The Bertz CT molecular complexity index is 947. The van der Waals surface area contributed by atoms with Crippen molar-refractivity contribution < 1.29 is 19.1 Å². The standard InChI is InChI=1S/C23H21ClO4/c1-11-8-15(27-14-5-3-4-13(24)10-14)9-12(2)18(11)21-22(25)19-16-6-7-17(28-16)20(19)23(21)26/h3-5,8-10,16-17,19-21H,6-7H2,1-2H3/t16-,17+,19-,20+,21?. The van der Waals surface area contributed by atoms with Gasteiger partial charge >= 0.3 is 0 Å². The van der Waals surface area contributed by atoms with Crippen LogP contribution in [-0.4, -0.2) is 23.8 Å². The van der Waals surface area contributed by atoms with Crippen LogP contribution in [0.5, 0.6) is 11.5 Å². The second-order valence-corrected chi connectivity index (χ2v) is 8.55. The topological polar surface area (TPSA) is 52.6 Å². The Morgan fingerprint density at radius 3 is 2.11 bits per heavy atom. The van der Waals surface area contributed by atoms with Crippen LogP contribution in [0.4, 0.5) is 0 Å². The third-order valence-corrected chi connectivity index (χ3v) is 6.62. The molecule has 0 aromatic heterocycles. The zero-order valence-corrected chi connectivity index (χ0v) is 16.5. The van der Waals surface area contributed by atoms with Crippen molar-refractivity contribution in [3.8, 4) is 11.5 Å². The van der Waals surface area contributed by atoms with E-state index in [0.29, 0.717) is 16.5 Å². The number of hydrogen-bond acceptors (Lipinski definition) is 4. The summed E-state index contributed by atoms with van der Waals surface area (Å²) < 4.78 is 11.8. The molecule has 5 atom stereocenters. The van der Waals surface area contributed by atoms with E-state index in [9.17, 15) is 9.59 Å². The number of aryl methyl sites for hydroxylation is 2. The van der Waals surface area contributed by atoms with Crippen molar-refractivity contribution in [2.24, 2.45) is 11.8 Å². The van der Waals surface area contributed by atoms with Crippen molar-refractivity contribution in [3.63, 3.8) is 0 Å². The Morgan fingerprint density at radius 2 is 1.54 bits per heavy atom. The maximum absolute atomic E-state index is 13.2. The molecule has 3 aliphatic rings. The number of Topliss-reactive ketones (excluding diaryl/α,β-unsaturated/α-hetero) is 2. The van der Waals surface area contributed by atoms with Crippen LogP contribution in [0, 0.1) is 25.7 Å². The van der Waals surface area contributed by atoms with Gasteiger partial charge in [-0.15, -0.1) is 0 Å². The van der Waals surface area contributed by atoms with Gasteiger partial charge in [0.05, 0.1) is 24.0 Å². The van der Waals surface area contributed by atoms with E-state index < -0.39 is 5.92 Å². The van der Waals surface area contributed by atoms with E-state index in [2.05, 4.69) is 0 Å². The van der Waals surface area contributed by atoms with Crippen molar-refractivity contribution >= 4 is 23.2 Å². The lowest BCUT2D eigenvalue weighted by atomic mass is 9.81. The van der Waals surface area contributed by atoms with E-state index in [-0.39, 0.29) is 35.6 Å². The first-order valence-electron chi connectivity index (χ1n) is 9.71. The molecule has 0 amide bonds. The lowest BCUT2D eigenvalue weighted by Gasteiger charge is -2.18. The molecule has 0 spiro atoms. The molecule has 4 nitrogen and oxygen atoms in total. The lowest BCUT2D eigenvalue weighted by Crippen LogP contribution is -2.29. The van der Waals surface area contributed by atoms with Gasteiger partial charge in [0.15, 0.2) is 11.6 Å². The van der Waals surface area contributed by atoms with E-state index in [1.54, 1.807) is 12.1 Å². The van der Waals surface area contributed by atoms with E-state index >= 15 is 0 Å².